The lowest BCUT2D eigenvalue weighted by Crippen LogP contribution is -2.30. The minimum absolute atomic E-state index is 0.500. The molecule has 1 aliphatic carbocycles. The Balaban J connectivity index is 2.08. The van der Waals surface area contributed by atoms with Crippen LogP contribution in [0, 0.1) is 11.8 Å². The molecule has 0 amide bonds. The summed E-state index contributed by atoms with van der Waals surface area (Å²) in [6, 6.07) is 7.03. The zero-order chi connectivity index (χ0) is 13.8. The highest BCUT2D eigenvalue weighted by Gasteiger charge is 2.21. The number of hydrogen-bond donors (Lipinski definition) is 1. The van der Waals surface area contributed by atoms with Gasteiger partial charge >= 0.3 is 0 Å². The van der Waals surface area contributed by atoms with Gasteiger partial charge in [0.2, 0.25) is 0 Å². The molecule has 2 heteroatoms. The highest BCUT2D eigenvalue weighted by Crippen LogP contribution is 2.32. The van der Waals surface area contributed by atoms with E-state index in [1.54, 1.807) is 7.11 Å². The number of nitrogens with one attached hydrogen (secondary N) is 1. The predicted molar refractivity (Wildman–Crippen MR) is 80.7 cm³/mol. The molecular weight excluding hydrogens is 234 g/mol. The SMILES string of the molecule is COc1ccc2c(c1)C(NCC(C)C(C)C)CCC2. The van der Waals surface area contributed by atoms with Crippen LogP contribution in [0.5, 0.6) is 5.75 Å². The van der Waals surface area contributed by atoms with Crippen LogP contribution in [0.4, 0.5) is 0 Å². The van der Waals surface area contributed by atoms with Crippen LogP contribution in [0.3, 0.4) is 0 Å². The maximum atomic E-state index is 5.36. The van der Waals surface area contributed by atoms with Gasteiger partial charge in [0.05, 0.1) is 7.11 Å². The zero-order valence-electron chi connectivity index (χ0n) is 12.7. The molecule has 2 atom stereocenters. The summed E-state index contributed by atoms with van der Waals surface area (Å²) in [5.74, 6) is 2.43. The van der Waals surface area contributed by atoms with Gasteiger partial charge < -0.3 is 10.1 Å². The maximum absolute atomic E-state index is 5.36. The van der Waals surface area contributed by atoms with Gasteiger partial charge in [-0.1, -0.05) is 26.8 Å². The van der Waals surface area contributed by atoms with E-state index in [0.717, 1.165) is 24.1 Å². The van der Waals surface area contributed by atoms with Gasteiger partial charge in [-0.15, -0.1) is 0 Å². The summed E-state index contributed by atoms with van der Waals surface area (Å²) in [4.78, 5) is 0. The monoisotopic (exact) mass is 261 g/mol. The fourth-order valence-electron chi connectivity index (χ4n) is 2.68. The average molecular weight is 261 g/mol. The molecule has 2 rings (SSSR count). The first-order valence-corrected chi connectivity index (χ1v) is 7.52. The van der Waals surface area contributed by atoms with Crippen molar-refractivity contribution in [3.8, 4) is 5.75 Å². The van der Waals surface area contributed by atoms with Crippen LogP contribution in [0.25, 0.3) is 0 Å². The Kier molecular flexibility index (Phi) is 4.87. The van der Waals surface area contributed by atoms with Crippen molar-refractivity contribution in [1.82, 2.24) is 5.32 Å². The summed E-state index contributed by atoms with van der Waals surface area (Å²) < 4.78 is 5.36. The van der Waals surface area contributed by atoms with E-state index in [4.69, 9.17) is 4.74 Å². The fraction of sp³-hybridized carbons (Fsp3) is 0.647. The molecule has 1 aromatic rings. The Morgan fingerprint density at radius 1 is 1.32 bits per heavy atom. The predicted octanol–water partition coefficient (Wildman–Crippen LogP) is 3.95. The molecule has 1 N–H and O–H groups in total. The average Bonchev–Trinajstić information content (AvgIpc) is 2.43. The van der Waals surface area contributed by atoms with Crippen LogP contribution < -0.4 is 10.1 Å². The van der Waals surface area contributed by atoms with Crippen molar-refractivity contribution in [3.05, 3.63) is 29.3 Å². The molecule has 2 nitrogen and oxygen atoms in total. The molecule has 1 aliphatic rings. The van der Waals surface area contributed by atoms with Crippen LogP contribution in [0.1, 0.15) is 50.8 Å². The van der Waals surface area contributed by atoms with Crippen LogP contribution in [0.2, 0.25) is 0 Å². The second kappa shape index (κ2) is 6.42. The van der Waals surface area contributed by atoms with Crippen LogP contribution in [0.15, 0.2) is 18.2 Å². The molecule has 2 unspecified atom stereocenters. The third kappa shape index (κ3) is 3.50. The van der Waals surface area contributed by atoms with Gasteiger partial charge in [0.25, 0.3) is 0 Å². The zero-order valence-corrected chi connectivity index (χ0v) is 12.7. The van der Waals surface area contributed by atoms with Gasteiger partial charge in [0, 0.05) is 6.04 Å². The van der Waals surface area contributed by atoms with Crippen molar-refractivity contribution < 1.29 is 4.74 Å². The van der Waals surface area contributed by atoms with Crippen LogP contribution in [-0.4, -0.2) is 13.7 Å². The highest BCUT2D eigenvalue weighted by atomic mass is 16.5. The quantitative estimate of drug-likeness (QED) is 0.866. The summed E-state index contributed by atoms with van der Waals surface area (Å²) in [7, 11) is 1.74. The number of benzene rings is 1. The maximum Gasteiger partial charge on any atom is 0.119 e. The number of rotatable bonds is 5. The van der Waals surface area contributed by atoms with Gasteiger partial charge in [-0.2, -0.15) is 0 Å². The van der Waals surface area contributed by atoms with Crippen molar-refractivity contribution in [1.29, 1.82) is 0 Å². The smallest absolute Gasteiger partial charge is 0.119 e. The molecule has 1 aromatic carbocycles. The molecule has 0 aromatic heterocycles. The third-order valence-corrected chi connectivity index (χ3v) is 4.49. The second-order valence-electron chi connectivity index (χ2n) is 6.14. The topological polar surface area (TPSA) is 21.3 Å². The minimum Gasteiger partial charge on any atom is -0.497 e. The molecule has 0 spiro atoms. The van der Waals surface area contributed by atoms with Crippen LogP contribution >= 0.6 is 0 Å². The second-order valence-corrected chi connectivity index (χ2v) is 6.14. The highest BCUT2D eigenvalue weighted by molar-refractivity contribution is 5.39. The Morgan fingerprint density at radius 3 is 2.79 bits per heavy atom. The van der Waals surface area contributed by atoms with E-state index >= 15 is 0 Å². The first kappa shape index (κ1) is 14.4. The molecule has 0 saturated heterocycles. The van der Waals surface area contributed by atoms with Crippen molar-refractivity contribution >= 4 is 0 Å². The lowest BCUT2D eigenvalue weighted by Gasteiger charge is -2.29. The Morgan fingerprint density at radius 2 is 2.11 bits per heavy atom. The molecule has 19 heavy (non-hydrogen) atoms. The van der Waals surface area contributed by atoms with E-state index in [1.165, 1.54) is 30.4 Å². The molecule has 106 valence electrons. The Hall–Kier alpha value is -1.02. The number of ether oxygens (including phenoxy) is 1. The van der Waals surface area contributed by atoms with E-state index in [0.29, 0.717) is 6.04 Å². The van der Waals surface area contributed by atoms with Gasteiger partial charge in [-0.05, 0) is 60.9 Å². The molecule has 0 bridgehead atoms. The molecule has 0 saturated carbocycles. The summed E-state index contributed by atoms with van der Waals surface area (Å²) in [5, 5.41) is 3.75. The van der Waals surface area contributed by atoms with Gasteiger partial charge in [-0.3, -0.25) is 0 Å². The molecule has 0 aliphatic heterocycles. The first-order valence-electron chi connectivity index (χ1n) is 7.52. The lowest BCUT2D eigenvalue weighted by atomic mass is 9.87. The molecular formula is C17H27NO. The van der Waals surface area contributed by atoms with E-state index in [9.17, 15) is 0 Å². The Labute approximate surface area is 117 Å². The van der Waals surface area contributed by atoms with Gasteiger partial charge in [0.15, 0.2) is 0 Å². The fourth-order valence-corrected chi connectivity index (χ4v) is 2.68. The Bertz CT molecular complexity index is 414. The summed E-state index contributed by atoms with van der Waals surface area (Å²) >= 11 is 0. The minimum atomic E-state index is 0.500. The third-order valence-electron chi connectivity index (χ3n) is 4.49. The van der Waals surface area contributed by atoms with Crippen molar-refractivity contribution in [2.24, 2.45) is 11.8 Å². The number of fused-ring (bicyclic) bond motifs is 1. The summed E-state index contributed by atoms with van der Waals surface area (Å²) in [6.07, 6.45) is 3.73. The normalized spacial score (nSPS) is 20.2. The van der Waals surface area contributed by atoms with Crippen molar-refractivity contribution in [2.75, 3.05) is 13.7 Å². The molecule has 0 radical (unpaired) electrons. The summed E-state index contributed by atoms with van der Waals surface area (Å²) in [6.45, 7) is 8.01. The van der Waals surface area contributed by atoms with Gasteiger partial charge in [0.1, 0.15) is 5.75 Å². The lowest BCUT2D eigenvalue weighted by molar-refractivity contribution is 0.352. The largest absolute Gasteiger partial charge is 0.497 e. The number of aryl methyl sites for hydroxylation is 1. The molecule has 0 fully saturated rings. The van der Waals surface area contributed by atoms with E-state index < -0.39 is 0 Å². The van der Waals surface area contributed by atoms with Gasteiger partial charge in [-0.25, -0.2) is 0 Å². The van der Waals surface area contributed by atoms with Crippen molar-refractivity contribution in [2.45, 2.75) is 46.1 Å². The van der Waals surface area contributed by atoms with E-state index in [-0.39, 0.29) is 0 Å². The standard InChI is InChI=1S/C17H27NO/c1-12(2)13(3)11-18-17-7-5-6-14-8-9-15(19-4)10-16(14)17/h8-10,12-13,17-18H,5-7,11H2,1-4H3. The van der Waals surface area contributed by atoms with Crippen molar-refractivity contribution in [3.63, 3.8) is 0 Å². The van der Waals surface area contributed by atoms with E-state index in [2.05, 4.69) is 44.3 Å². The van der Waals surface area contributed by atoms with Crippen LogP contribution in [-0.2, 0) is 6.42 Å². The first-order chi connectivity index (χ1) is 9.11. The summed E-state index contributed by atoms with van der Waals surface area (Å²) in [5.41, 5.74) is 2.93. The molecule has 0 heterocycles. The number of hydrogen-bond acceptors (Lipinski definition) is 2. The number of methoxy groups -OCH3 is 1. The van der Waals surface area contributed by atoms with E-state index in [1.807, 2.05) is 0 Å².